The summed E-state index contributed by atoms with van der Waals surface area (Å²) in [7, 11) is 0. The number of aromatic amines is 1. The molecular weight excluding hydrogens is 556 g/mol. The number of carbonyl (C=O) groups is 3. The van der Waals surface area contributed by atoms with Gasteiger partial charge in [-0.2, -0.15) is 5.10 Å². The topological polar surface area (TPSA) is 121 Å². The van der Waals surface area contributed by atoms with Crippen LogP contribution in [0.1, 0.15) is 78.0 Å². The Morgan fingerprint density at radius 2 is 1.86 bits per heavy atom. The van der Waals surface area contributed by atoms with Crippen molar-refractivity contribution in [3.05, 3.63) is 97.4 Å². The maximum Gasteiger partial charge on any atom is 0.313 e. The van der Waals surface area contributed by atoms with Crippen molar-refractivity contribution < 1.29 is 19.1 Å². The van der Waals surface area contributed by atoms with E-state index in [9.17, 15) is 19.2 Å². The van der Waals surface area contributed by atoms with Gasteiger partial charge in [0.1, 0.15) is 0 Å². The van der Waals surface area contributed by atoms with E-state index >= 15 is 0 Å². The number of nitrogens with zero attached hydrogens (tertiary/aromatic N) is 2. The van der Waals surface area contributed by atoms with Crippen LogP contribution in [0.15, 0.2) is 53.3 Å². The highest BCUT2D eigenvalue weighted by Gasteiger charge is 2.49. The van der Waals surface area contributed by atoms with Crippen LogP contribution in [-0.2, 0) is 20.7 Å². The first-order valence-corrected chi connectivity index (χ1v) is 14.5. The summed E-state index contributed by atoms with van der Waals surface area (Å²) in [5.41, 5.74) is 3.14. The van der Waals surface area contributed by atoms with Crippen molar-refractivity contribution >= 4 is 29.4 Å². The summed E-state index contributed by atoms with van der Waals surface area (Å²) in [6.45, 7) is 9.03. The molecule has 1 fully saturated rings. The molecule has 1 aromatic heterocycles. The van der Waals surface area contributed by atoms with Crippen LogP contribution in [0.4, 0.5) is 0 Å². The molecule has 0 bridgehead atoms. The predicted molar refractivity (Wildman–Crippen MR) is 160 cm³/mol. The average Bonchev–Trinajstić information content (AvgIpc) is 3.41. The maximum atomic E-state index is 13.8. The van der Waals surface area contributed by atoms with Crippen molar-refractivity contribution in [2.45, 2.75) is 66.0 Å². The van der Waals surface area contributed by atoms with Gasteiger partial charge in [-0.25, -0.2) is 5.10 Å². The van der Waals surface area contributed by atoms with Gasteiger partial charge in [-0.1, -0.05) is 29.8 Å². The molecule has 0 aliphatic carbocycles. The standard InChI is InChI=1S/C32H37ClN4O5/c1-6-42-31(41)32(4,5)27-13-12-26(22-8-7-9-25(33)17-22)37(27)28(38)18-34-29(39)23-11-10-21(19(2)14-23)16-24-15-20(3)35-36-30(24)40/h7-11,14-15,17,26-27H,6,12-13,16,18H2,1-5H3,(H,34,39)(H,36,40)/t26-,27+/m0/s1. The summed E-state index contributed by atoms with van der Waals surface area (Å²) >= 11 is 6.27. The molecule has 1 aliphatic rings. The Kier molecular flexibility index (Phi) is 9.51. The molecule has 0 radical (unpaired) electrons. The molecule has 3 aromatic rings. The first-order chi connectivity index (χ1) is 19.9. The Bertz CT molecular complexity index is 1550. The highest BCUT2D eigenvalue weighted by Crippen LogP contribution is 2.44. The SMILES string of the molecule is CCOC(=O)C(C)(C)[C@H]1CC[C@@H](c2cccc(Cl)c2)N1C(=O)CNC(=O)c1ccc(Cc2cc(C)n[nH]c2=O)c(C)c1. The summed E-state index contributed by atoms with van der Waals surface area (Å²) in [6, 6.07) is 13.6. The lowest BCUT2D eigenvalue weighted by atomic mass is 9.83. The summed E-state index contributed by atoms with van der Waals surface area (Å²) in [5.74, 6) is -1.06. The highest BCUT2D eigenvalue weighted by molar-refractivity contribution is 6.30. The van der Waals surface area contributed by atoms with Gasteiger partial charge >= 0.3 is 5.97 Å². The number of carbonyl (C=O) groups excluding carboxylic acids is 3. The van der Waals surface area contributed by atoms with E-state index in [0.29, 0.717) is 41.1 Å². The van der Waals surface area contributed by atoms with Gasteiger partial charge in [0.2, 0.25) is 5.91 Å². The molecule has 0 spiro atoms. The average molecular weight is 593 g/mol. The van der Waals surface area contributed by atoms with Crippen molar-refractivity contribution in [2.24, 2.45) is 5.41 Å². The third-order valence-electron chi connectivity index (χ3n) is 7.94. The monoisotopic (exact) mass is 592 g/mol. The molecule has 2 N–H and O–H groups in total. The third kappa shape index (κ3) is 6.73. The minimum Gasteiger partial charge on any atom is -0.466 e. The summed E-state index contributed by atoms with van der Waals surface area (Å²) < 4.78 is 5.34. The summed E-state index contributed by atoms with van der Waals surface area (Å²) in [5, 5.41) is 9.73. The molecule has 0 unspecified atom stereocenters. The fraction of sp³-hybridized carbons (Fsp3) is 0.406. The summed E-state index contributed by atoms with van der Waals surface area (Å²) in [4.78, 5) is 53.6. The smallest absolute Gasteiger partial charge is 0.313 e. The Morgan fingerprint density at radius 3 is 2.55 bits per heavy atom. The molecular formula is C32H37ClN4O5. The number of hydrogen-bond donors (Lipinski definition) is 2. The van der Waals surface area contributed by atoms with E-state index in [1.807, 2.05) is 31.2 Å². The van der Waals surface area contributed by atoms with E-state index in [1.54, 1.807) is 56.9 Å². The molecule has 222 valence electrons. The quantitative estimate of drug-likeness (QED) is 0.348. The van der Waals surface area contributed by atoms with E-state index in [0.717, 1.165) is 16.7 Å². The lowest BCUT2D eigenvalue weighted by molar-refractivity contribution is -0.159. The van der Waals surface area contributed by atoms with Gasteiger partial charge in [-0.05, 0) is 94.5 Å². The molecule has 1 saturated heterocycles. The lowest BCUT2D eigenvalue weighted by Crippen LogP contribution is -2.51. The van der Waals surface area contributed by atoms with Crippen LogP contribution in [0.25, 0.3) is 0 Å². The first-order valence-electron chi connectivity index (χ1n) is 14.1. The molecule has 42 heavy (non-hydrogen) atoms. The van der Waals surface area contributed by atoms with Crippen LogP contribution in [0.5, 0.6) is 0 Å². The second-order valence-electron chi connectivity index (χ2n) is 11.3. The van der Waals surface area contributed by atoms with Crippen LogP contribution in [-0.4, -0.2) is 52.1 Å². The second kappa shape index (κ2) is 12.9. The van der Waals surface area contributed by atoms with Gasteiger partial charge in [0.25, 0.3) is 11.5 Å². The zero-order valence-electron chi connectivity index (χ0n) is 24.6. The van der Waals surface area contributed by atoms with E-state index in [4.69, 9.17) is 16.3 Å². The van der Waals surface area contributed by atoms with Crippen LogP contribution >= 0.6 is 11.6 Å². The molecule has 9 nitrogen and oxygen atoms in total. The molecule has 2 heterocycles. The molecule has 2 amide bonds. The number of aromatic nitrogens is 2. The minimum absolute atomic E-state index is 0.238. The second-order valence-corrected chi connectivity index (χ2v) is 11.7. The zero-order chi connectivity index (χ0) is 30.6. The van der Waals surface area contributed by atoms with Gasteiger partial charge in [0.15, 0.2) is 0 Å². The van der Waals surface area contributed by atoms with Crippen LogP contribution in [0, 0.1) is 19.3 Å². The highest BCUT2D eigenvalue weighted by atomic mass is 35.5. The van der Waals surface area contributed by atoms with Gasteiger partial charge in [0, 0.05) is 28.6 Å². The van der Waals surface area contributed by atoms with Crippen molar-refractivity contribution in [1.29, 1.82) is 0 Å². The fourth-order valence-electron chi connectivity index (χ4n) is 5.64. The largest absolute Gasteiger partial charge is 0.466 e. The van der Waals surface area contributed by atoms with Crippen molar-refractivity contribution in [1.82, 2.24) is 20.4 Å². The minimum atomic E-state index is -0.953. The van der Waals surface area contributed by atoms with E-state index in [1.165, 1.54) is 0 Å². The van der Waals surface area contributed by atoms with Crippen molar-refractivity contribution in [3.63, 3.8) is 0 Å². The predicted octanol–water partition coefficient (Wildman–Crippen LogP) is 4.68. The molecule has 1 aliphatic heterocycles. The number of H-pyrrole nitrogens is 1. The van der Waals surface area contributed by atoms with Crippen molar-refractivity contribution in [3.8, 4) is 0 Å². The third-order valence-corrected chi connectivity index (χ3v) is 8.17. The fourth-order valence-corrected chi connectivity index (χ4v) is 5.84. The molecule has 4 rings (SSSR count). The van der Waals surface area contributed by atoms with Gasteiger partial charge in [-0.15, -0.1) is 0 Å². The molecule has 0 saturated carbocycles. The summed E-state index contributed by atoms with van der Waals surface area (Å²) in [6.07, 6.45) is 1.65. The Morgan fingerprint density at radius 1 is 1.10 bits per heavy atom. The Hall–Kier alpha value is -3.98. The first kappa shape index (κ1) is 31.0. The number of esters is 1. The van der Waals surface area contributed by atoms with E-state index in [-0.39, 0.29) is 36.6 Å². The van der Waals surface area contributed by atoms with Gasteiger partial charge < -0.3 is 15.0 Å². The number of aryl methyl sites for hydroxylation is 2. The molecule has 2 aromatic carbocycles. The number of rotatable bonds is 9. The number of nitrogens with one attached hydrogen (secondary N) is 2. The number of halogens is 1. The van der Waals surface area contributed by atoms with Crippen LogP contribution in [0.3, 0.4) is 0 Å². The normalized spacial score (nSPS) is 16.8. The zero-order valence-corrected chi connectivity index (χ0v) is 25.4. The molecule has 2 atom stereocenters. The van der Waals surface area contributed by atoms with E-state index in [2.05, 4.69) is 15.5 Å². The lowest BCUT2D eigenvalue weighted by Gasteiger charge is -2.38. The number of ether oxygens (including phenoxy) is 1. The number of benzene rings is 2. The van der Waals surface area contributed by atoms with Gasteiger partial charge in [0.05, 0.1) is 30.3 Å². The number of hydrogen-bond acceptors (Lipinski definition) is 6. The van der Waals surface area contributed by atoms with Crippen LogP contribution < -0.4 is 10.9 Å². The Balaban J connectivity index is 1.51. The van der Waals surface area contributed by atoms with Gasteiger partial charge in [-0.3, -0.25) is 19.2 Å². The Labute approximate surface area is 250 Å². The molecule has 10 heteroatoms. The van der Waals surface area contributed by atoms with E-state index < -0.39 is 17.4 Å². The van der Waals surface area contributed by atoms with Crippen LogP contribution in [0.2, 0.25) is 5.02 Å². The maximum absolute atomic E-state index is 13.8. The number of likely N-dealkylation sites (tertiary alicyclic amines) is 1. The van der Waals surface area contributed by atoms with Crippen molar-refractivity contribution in [2.75, 3.05) is 13.2 Å². The number of amides is 2.